The van der Waals surface area contributed by atoms with Crippen LogP contribution in [0.15, 0.2) is 36.5 Å². The van der Waals surface area contributed by atoms with E-state index in [1.54, 1.807) is 29.1 Å². The van der Waals surface area contributed by atoms with Crippen molar-refractivity contribution >= 4 is 11.8 Å². The zero-order valence-electron chi connectivity index (χ0n) is 15.1. The van der Waals surface area contributed by atoms with Gasteiger partial charge in [0.2, 0.25) is 5.91 Å². The summed E-state index contributed by atoms with van der Waals surface area (Å²) < 4.78 is 28.4. The zero-order chi connectivity index (χ0) is 19.9. The van der Waals surface area contributed by atoms with Crippen LogP contribution in [0.3, 0.4) is 0 Å². The van der Waals surface area contributed by atoms with Gasteiger partial charge in [0.25, 0.3) is 11.8 Å². The molecule has 4 rings (SSSR count). The van der Waals surface area contributed by atoms with E-state index in [4.69, 9.17) is 0 Å². The number of nitrogens with zero attached hydrogens (tertiary/aromatic N) is 4. The van der Waals surface area contributed by atoms with Crippen LogP contribution in [0.5, 0.6) is 5.75 Å². The normalized spacial score (nSPS) is 21.3. The van der Waals surface area contributed by atoms with Crippen molar-refractivity contribution in [2.45, 2.75) is 31.4 Å². The van der Waals surface area contributed by atoms with E-state index in [0.29, 0.717) is 11.3 Å². The minimum atomic E-state index is -2.74. The first-order valence-corrected chi connectivity index (χ1v) is 9.11. The molecule has 1 N–H and O–H groups in total. The fraction of sp³-hybridized carbons (Fsp3) is 0.421. The fourth-order valence-electron chi connectivity index (χ4n) is 3.72. The number of rotatable bonds is 2. The van der Waals surface area contributed by atoms with Gasteiger partial charge in [0, 0.05) is 37.7 Å². The van der Waals surface area contributed by atoms with E-state index in [0.717, 1.165) is 0 Å². The quantitative estimate of drug-likeness (QED) is 0.851. The molecule has 1 unspecified atom stereocenters. The molecule has 1 aromatic carbocycles. The number of alkyl halides is 2. The number of likely N-dealkylation sites (tertiary alicyclic amines) is 1. The van der Waals surface area contributed by atoms with Crippen LogP contribution >= 0.6 is 0 Å². The average Bonchev–Trinajstić information content (AvgIpc) is 3.15. The van der Waals surface area contributed by atoms with Crippen LogP contribution in [-0.2, 0) is 11.3 Å². The van der Waals surface area contributed by atoms with E-state index in [1.165, 1.54) is 21.9 Å². The average molecular weight is 390 g/mol. The maximum atomic E-state index is 13.4. The van der Waals surface area contributed by atoms with Gasteiger partial charge in [-0.2, -0.15) is 5.10 Å². The first kappa shape index (κ1) is 18.4. The first-order valence-electron chi connectivity index (χ1n) is 9.11. The molecule has 1 fully saturated rings. The Balaban J connectivity index is 1.56. The molecular formula is C19H20F2N4O3. The number of aromatic nitrogens is 2. The lowest BCUT2D eigenvalue weighted by molar-refractivity contribution is -0.142. The van der Waals surface area contributed by atoms with Crippen molar-refractivity contribution in [1.82, 2.24) is 19.6 Å². The van der Waals surface area contributed by atoms with E-state index in [1.807, 2.05) is 0 Å². The first-order chi connectivity index (χ1) is 13.3. The molecule has 1 saturated heterocycles. The summed E-state index contributed by atoms with van der Waals surface area (Å²) in [6, 6.07) is 6.99. The predicted octanol–water partition coefficient (Wildman–Crippen LogP) is 2.04. The van der Waals surface area contributed by atoms with E-state index < -0.39 is 12.0 Å². The number of hydrogen-bond donors (Lipinski definition) is 1. The minimum absolute atomic E-state index is 0.0144. The summed E-state index contributed by atoms with van der Waals surface area (Å²) in [6.07, 6.45) is 0.842. The standard InChI is InChI=1S/C19H20F2N4O3/c20-19(21)5-8-23(9-6-19)18(28)16-12-24(11-14-4-7-22-25(14)16)17(27)13-2-1-3-15(26)10-13/h1-4,7,10,16,26H,5-6,8-9,11-12H2. The molecule has 0 radical (unpaired) electrons. The van der Waals surface area contributed by atoms with Crippen molar-refractivity contribution < 1.29 is 23.5 Å². The lowest BCUT2D eigenvalue weighted by atomic mass is 10.0. The van der Waals surface area contributed by atoms with Crippen LogP contribution < -0.4 is 0 Å². The zero-order valence-corrected chi connectivity index (χ0v) is 15.1. The molecule has 0 aliphatic carbocycles. The van der Waals surface area contributed by atoms with Gasteiger partial charge in [-0.3, -0.25) is 14.3 Å². The predicted molar refractivity (Wildman–Crippen MR) is 94.9 cm³/mol. The number of fused-ring (bicyclic) bond motifs is 1. The number of benzene rings is 1. The van der Waals surface area contributed by atoms with Crippen molar-refractivity contribution in [3.8, 4) is 5.75 Å². The summed E-state index contributed by atoms with van der Waals surface area (Å²) in [5.41, 5.74) is 1.01. The summed E-state index contributed by atoms with van der Waals surface area (Å²) in [5, 5.41) is 13.8. The fourth-order valence-corrected chi connectivity index (χ4v) is 3.72. The van der Waals surface area contributed by atoms with Crippen molar-refractivity contribution in [3.05, 3.63) is 47.8 Å². The van der Waals surface area contributed by atoms with Gasteiger partial charge in [0.1, 0.15) is 11.8 Å². The monoisotopic (exact) mass is 390 g/mol. The number of halogens is 2. The Labute approximate surface area is 160 Å². The topological polar surface area (TPSA) is 78.7 Å². The van der Waals surface area contributed by atoms with Gasteiger partial charge in [-0.15, -0.1) is 0 Å². The Morgan fingerprint density at radius 2 is 1.89 bits per heavy atom. The number of aromatic hydroxyl groups is 1. The lowest BCUT2D eigenvalue weighted by Crippen LogP contribution is -2.51. The van der Waals surface area contributed by atoms with Crippen molar-refractivity contribution in [2.75, 3.05) is 19.6 Å². The summed E-state index contributed by atoms with van der Waals surface area (Å²) in [7, 11) is 0. The summed E-state index contributed by atoms with van der Waals surface area (Å²) in [6.45, 7) is 0.337. The largest absolute Gasteiger partial charge is 0.508 e. The van der Waals surface area contributed by atoms with E-state index >= 15 is 0 Å². The maximum absolute atomic E-state index is 13.4. The molecule has 7 nitrogen and oxygen atoms in total. The molecular weight excluding hydrogens is 370 g/mol. The van der Waals surface area contributed by atoms with Crippen LogP contribution in [0.1, 0.15) is 34.9 Å². The van der Waals surface area contributed by atoms with Crippen molar-refractivity contribution in [2.24, 2.45) is 0 Å². The molecule has 0 saturated carbocycles. The molecule has 2 aliphatic heterocycles. The summed E-state index contributed by atoms with van der Waals surface area (Å²) in [4.78, 5) is 28.8. The Hall–Kier alpha value is -2.97. The molecule has 1 aromatic heterocycles. The Morgan fingerprint density at radius 1 is 1.14 bits per heavy atom. The van der Waals surface area contributed by atoms with Crippen LogP contribution in [0.2, 0.25) is 0 Å². The van der Waals surface area contributed by atoms with Gasteiger partial charge in [0.05, 0.1) is 18.8 Å². The highest BCUT2D eigenvalue weighted by atomic mass is 19.3. The van der Waals surface area contributed by atoms with Gasteiger partial charge in [-0.05, 0) is 24.3 Å². The third-order valence-corrected chi connectivity index (χ3v) is 5.27. The second-order valence-corrected chi connectivity index (χ2v) is 7.20. The van der Waals surface area contributed by atoms with Crippen LogP contribution in [-0.4, -0.2) is 62.1 Å². The third kappa shape index (κ3) is 3.44. The van der Waals surface area contributed by atoms with Crippen molar-refractivity contribution in [1.29, 1.82) is 0 Å². The minimum Gasteiger partial charge on any atom is -0.508 e. The van der Waals surface area contributed by atoms with Gasteiger partial charge in [-0.1, -0.05) is 6.07 Å². The molecule has 0 bridgehead atoms. The molecule has 28 heavy (non-hydrogen) atoms. The lowest BCUT2D eigenvalue weighted by Gasteiger charge is -2.38. The Kier molecular flexibility index (Phi) is 4.52. The SMILES string of the molecule is O=C(c1cccc(O)c1)N1Cc2ccnn2C(C(=O)N2CCC(F)(F)CC2)C1. The molecule has 1 atom stereocenters. The molecule has 2 aromatic rings. The number of piperidine rings is 1. The number of hydrogen-bond acceptors (Lipinski definition) is 4. The van der Waals surface area contributed by atoms with E-state index in [2.05, 4.69) is 5.10 Å². The second-order valence-electron chi connectivity index (χ2n) is 7.20. The molecule has 148 valence electrons. The number of phenolic OH excluding ortho intramolecular Hbond substituents is 1. The van der Waals surface area contributed by atoms with Crippen molar-refractivity contribution in [3.63, 3.8) is 0 Å². The van der Waals surface area contributed by atoms with Gasteiger partial charge >= 0.3 is 0 Å². The Morgan fingerprint density at radius 3 is 2.61 bits per heavy atom. The highest BCUT2D eigenvalue weighted by molar-refractivity contribution is 5.95. The van der Waals surface area contributed by atoms with Gasteiger partial charge in [0.15, 0.2) is 0 Å². The van der Waals surface area contributed by atoms with Gasteiger partial charge < -0.3 is 14.9 Å². The molecule has 2 aliphatic rings. The second kappa shape index (κ2) is 6.88. The van der Waals surface area contributed by atoms with Gasteiger partial charge in [-0.25, -0.2) is 8.78 Å². The molecule has 9 heteroatoms. The molecule has 3 heterocycles. The summed E-state index contributed by atoms with van der Waals surface area (Å²) in [5.74, 6) is -3.38. The van der Waals surface area contributed by atoms with E-state index in [-0.39, 0.29) is 56.6 Å². The smallest absolute Gasteiger partial charge is 0.254 e. The van der Waals surface area contributed by atoms with Crippen LogP contribution in [0.4, 0.5) is 8.78 Å². The number of carbonyl (C=O) groups excluding carboxylic acids is 2. The number of phenols is 1. The highest BCUT2D eigenvalue weighted by Crippen LogP contribution is 2.30. The maximum Gasteiger partial charge on any atom is 0.254 e. The summed E-state index contributed by atoms with van der Waals surface area (Å²) >= 11 is 0. The van der Waals surface area contributed by atoms with E-state index in [9.17, 15) is 23.5 Å². The molecule has 2 amide bonds. The highest BCUT2D eigenvalue weighted by Gasteiger charge is 2.40. The molecule has 0 spiro atoms. The third-order valence-electron chi connectivity index (χ3n) is 5.27. The van der Waals surface area contributed by atoms with Crippen LogP contribution in [0, 0.1) is 0 Å². The number of carbonyl (C=O) groups is 2. The number of amides is 2. The Bertz CT molecular complexity index is 904. The van der Waals surface area contributed by atoms with Crippen LogP contribution in [0.25, 0.3) is 0 Å².